The molecule has 0 aliphatic carbocycles. The largest absolute Gasteiger partial charge is 0.376 e. The highest BCUT2D eigenvalue weighted by molar-refractivity contribution is 5.93. The van der Waals surface area contributed by atoms with Crippen LogP contribution in [0.5, 0.6) is 0 Å². The molecular formula is C25H30F2N4O4. The molecule has 1 aromatic carbocycles. The molecule has 3 amide bonds. The number of carbonyl (C=O) groups excluding carboxylic acids is 3. The number of alkyl halides is 2. The first-order valence-electron chi connectivity index (χ1n) is 11.6. The molecule has 2 aliphatic heterocycles. The van der Waals surface area contributed by atoms with Crippen LogP contribution < -0.4 is 10.6 Å². The smallest absolute Gasteiger partial charge is 0.260 e. The number of nitriles is 1. The average molecular weight is 489 g/mol. The van der Waals surface area contributed by atoms with Gasteiger partial charge >= 0.3 is 0 Å². The van der Waals surface area contributed by atoms with Crippen molar-refractivity contribution in [3.05, 3.63) is 48.0 Å². The number of nitrogens with one attached hydrogen (secondary N) is 2. The normalized spacial score (nSPS) is 26.5. The first kappa shape index (κ1) is 26.3. The Morgan fingerprint density at radius 1 is 1.37 bits per heavy atom. The summed E-state index contributed by atoms with van der Waals surface area (Å²) in [5.41, 5.74) is -1.83. The third kappa shape index (κ3) is 5.85. The monoisotopic (exact) mass is 488 g/mol. The second kappa shape index (κ2) is 10.5. The standard InChI is InChI=1S/C25H30F2N4O4/c1-3-7-19-13-25(26,27)14-20(22(33)30-18(15-28)12-16-10-11-29-21(16)32)31(19)23(34)24(2,35)17-8-5-4-6-9-17/h3-9,16,18-20,35H,10-14H2,1-2H3,(H,29,32)(H,30,33)/b7-3+/t16-,18-,19?,20-,24?/m0/s1. The number of carbonyl (C=O) groups is 3. The fraction of sp³-hybridized carbons (Fsp3) is 0.520. The lowest BCUT2D eigenvalue weighted by Gasteiger charge is -2.45. The average Bonchev–Trinajstić information content (AvgIpc) is 3.22. The summed E-state index contributed by atoms with van der Waals surface area (Å²) in [4.78, 5) is 39.7. The third-order valence-corrected chi connectivity index (χ3v) is 6.55. The van der Waals surface area contributed by atoms with Gasteiger partial charge in [0.2, 0.25) is 11.8 Å². The highest BCUT2D eigenvalue weighted by atomic mass is 19.3. The Balaban J connectivity index is 1.91. The number of hydrogen-bond acceptors (Lipinski definition) is 5. The molecule has 8 nitrogen and oxygen atoms in total. The van der Waals surface area contributed by atoms with Crippen LogP contribution in [0, 0.1) is 17.2 Å². The molecule has 2 saturated heterocycles. The summed E-state index contributed by atoms with van der Waals surface area (Å²) in [5.74, 6) is -5.78. The van der Waals surface area contributed by atoms with Gasteiger partial charge in [-0.25, -0.2) is 8.78 Å². The van der Waals surface area contributed by atoms with Gasteiger partial charge in [-0.05, 0) is 32.3 Å². The molecule has 5 atom stereocenters. The SMILES string of the molecule is C/C=C/C1CC(F)(F)C[C@@H](C(=O)N[C@H](C#N)C[C@@H]2CCNC2=O)N1C(=O)C(C)(O)c1ccccc1. The van der Waals surface area contributed by atoms with E-state index in [0.29, 0.717) is 13.0 Å². The Labute approximate surface area is 203 Å². The van der Waals surface area contributed by atoms with E-state index in [-0.39, 0.29) is 17.9 Å². The molecule has 3 rings (SSSR count). The van der Waals surface area contributed by atoms with Crippen LogP contribution in [0.4, 0.5) is 8.78 Å². The van der Waals surface area contributed by atoms with E-state index < -0.39 is 60.2 Å². The van der Waals surface area contributed by atoms with E-state index in [2.05, 4.69) is 10.6 Å². The summed E-state index contributed by atoms with van der Waals surface area (Å²) in [6.07, 6.45) is 1.78. The van der Waals surface area contributed by atoms with Gasteiger partial charge in [-0.2, -0.15) is 5.26 Å². The van der Waals surface area contributed by atoms with Gasteiger partial charge in [0.15, 0.2) is 5.60 Å². The highest BCUT2D eigenvalue weighted by Crippen LogP contribution is 2.39. The number of rotatable bonds is 7. The van der Waals surface area contributed by atoms with Crippen molar-refractivity contribution in [1.29, 1.82) is 5.26 Å². The van der Waals surface area contributed by atoms with Crippen molar-refractivity contribution in [3.63, 3.8) is 0 Å². The Kier molecular flexibility index (Phi) is 7.90. The predicted octanol–water partition coefficient (Wildman–Crippen LogP) is 2.00. The van der Waals surface area contributed by atoms with Gasteiger partial charge in [-0.3, -0.25) is 14.4 Å². The zero-order valence-corrected chi connectivity index (χ0v) is 19.7. The van der Waals surface area contributed by atoms with Crippen LogP contribution in [-0.4, -0.2) is 58.3 Å². The Morgan fingerprint density at radius 3 is 2.63 bits per heavy atom. The molecule has 35 heavy (non-hydrogen) atoms. The van der Waals surface area contributed by atoms with E-state index in [4.69, 9.17) is 0 Å². The van der Waals surface area contributed by atoms with Crippen LogP contribution in [0.2, 0.25) is 0 Å². The molecule has 10 heteroatoms. The summed E-state index contributed by atoms with van der Waals surface area (Å²) in [6, 6.07) is 6.07. The maximum Gasteiger partial charge on any atom is 0.260 e. The van der Waals surface area contributed by atoms with E-state index in [1.807, 2.05) is 6.07 Å². The number of hydrogen-bond donors (Lipinski definition) is 3. The predicted molar refractivity (Wildman–Crippen MR) is 123 cm³/mol. The van der Waals surface area contributed by atoms with Crippen LogP contribution in [0.1, 0.15) is 45.1 Å². The van der Waals surface area contributed by atoms with Gasteiger partial charge in [0.05, 0.1) is 12.1 Å². The lowest BCUT2D eigenvalue weighted by molar-refractivity contribution is -0.170. The van der Waals surface area contributed by atoms with Crippen molar-refractivity contribution >= 4 is 17.7 Å². The first-order chi connectivity index (χ1) is 16.5. The summed E-state index contributed by atoms with van der Waals surface area (Å²) in [5, 5.41) is 25.8. The minimum Gasteiger partial charge on any atom is -0.376 e. The number of allylic oxidation sites excluding steroid dienone is 1. The van der Waals surface area contributed by atoms with Crippen molar-refractivity contribution in [2.24, 2.45) is 5.92 Å². The molecule has 2 heterocycles. The number of aliphatic hydroxyl groups is 1. The van der Waals surface area contributed by atoms with Crippen LogP contribution in [0.15, 0.2) is 42.5 Å². The van der Waals surface area contributed by atoms with Gasteiger partial charge in [0.1, 0.15) is 12.1 Å². The molecular weight excluding hydrogens is 458 g/mol. The maximum absolute atomic E-state index is 14.7. The topological polar surface area (TPSA) is 123 Å². The fourth-order valence-electron chi connectivity index (χ4n) is 4.70. The molecule has 2 unspecified atom stereocenters. The van der Waals surface area contributed by atoms with Gasteiger partial charge < -0.3 is 20.6 Å². The minimum absolute atomic E-state index is 0.0329. The number of amides is 3. The first-order valence-corrected chi connectivity index (χ1v) is 11.6. The van der Waals surface area contributed by atoms with E-state index in [1.54, 1.807) is 25.1 Å². The van der Waals surface area contributed by atoms with Crippen LogP contribution in [0.3, 0.4) is 0 Å². The van der Waals surface area contributed by atoms with Crippen molar-refractivity contribution < 1.29 is 28.3 Å². The van der Waals surface area contributed by atoms with Crippen molar-refractivity contribution in [2.45, 2.75) is 69.2 Å². The van der Waals surface area contributed by atoms with Gasteiger partial charge in [0.25, 0.3) is 11.8 Å². The van der Waals surface area contributed by atoms with Crippen molar-refractivity contribution in [3.8, 4) is 6.07 Å². The molecule has 0 bridgehead atoms. The molecule has 0 radical (unpaired) electrons. The van der Waals surface area contributed by atoms with E-state index in [1.165, 1.54) is 31.2 Å². The van der Waals surface area contributed by atoms with Crippen molar-refractivity contribution in [2.75, 3.05) is 6.54 Å². The molecule has 0 aromatic heterocycles. The van der Waals surface area contributed by atoms with E-state index in [9.17, 15) is 33.5 Å². The number of likely N-dealkylation sites (tertiary alicyclic amines) is 1. The number of piperidine rings is 1. The van der Waals surface area contributed by atoms with Crippen LogP contribution >= 0.6 is 0 Å². The van der Waals surface area contributed by atoms with E-state index >= 15 is 0 Å². The second-order valence-corrected chi connectivity index (χ2v) is 9.23. The lowest BCUT2D eigenvalue weighted by atomic mass is 9.86. The number of nitrogens with zero attached hydrogens (tertiary/aromatic N) is 2. The van der Waals surface area contributed by atoms with Gasteiger partial charge in [-0.1, -0.05) is 42.5 Å². The number of halogens is 2. The van der Waals surface area contributed by atoms with E-state index in [0.717, 1.165) is 4.90 Å². The molecule has 2 fully saturated rings. The minimum atomic E-state index is -3.25. The molecule has 2 aliphatic rings. The Bertz CT molecular complexity index is 1020. The van der Waals surface area contributed by atoms with Gasteiger partial charge in [0, 0.05) is 25.3 Å². The summed E-state index contributed by atoms with van der Waals surface area (Å²) >= 11 is 0. The molecule has 0 spiro atoms. The molecule has 0 saturated carbocycles. The molecule has 3 N–H and O–H groups in total. The van der Waals surface area contributed by atoms with Crippen LogP contribution in [-0.2, 0) is 20.0 Å². The Hall–Kier alpha value is -3.32. The third-order valence-electron chi connectivity index (χ3n) is 6.55. The van der Waals surface area contributed by atoms with Gasteiger partial charge in [-0.15, -0.1) is 0 Å². The Morgan fingerprint density at radius 2 is 2.06 bits per heavy atom. The lowest BCUT2D eigenvalue weighted by Crippen LogP contribution is -2.63. The number of benzene rings is 1. The highest BCUT2D eigenvalue weighted by Gasteiger charge is 2.52. The maximum atomic E-state index is 14.7. The summed E-state index contributed by atoms with van der Waals surface area (Å²) in [7, 11) is 0. The zero-order chi connectivity index (χ0) is 25.8. The van der Waals surface area contributed by atoms with Crippen molar-refractivity contribution in [1.82, 2.24) is 15.5 Å². The quantitative estimate of drug-likeness (QED) is 0.507. The summed E-state index contributed by atoms with van der Waals surface area (Å²) in [6.45, 7) is 3.33. The second-order valence-electron chi connectivity index (χ2n) is 9.23. The zero-order valence-electron chi connectivity index (χ0n) is 19.7. The van der Waals surface area contributed by atoms with Crippen LogP contribution in [0.25, 0.3) is 0 Å². The fourth-order valence-corrected chi connectivity index (χ4v) is 4.70. The molecule has 188 valence electrons. The molecule has 1 aromatic rings. The summed E-state index contributed by atoms with van der Waals surface area (Å²) < 4.78 is 29.4.